The maximum Gasteiger partial charge on any atom is 0.156 e. The quantitative estimate of drug-likeness (QED) is 0.176. The lowest BCUT2D eigenvalue weighted by Crippen LogP contribution is -2.34. The first-order chi connectivity index (χ1) is 42.1. The molecular weight excluding hydrogens is 1070 g/mol. The Hall–Kier alpha value is -9.38. The van der Waals surface area contributed by atoms with Crippen molar-refractivity contribution in [1.29, 1.82) is 0 Å². The molecule has 0 bridgehead atoms. The van der Waals surface area contributed by atoms with Gasteiger partial charge < -0.3 is 18.9 Å². The van der Waals surface area contributed by atoms with Gasteiger partial charge in [-0.3, -0.25) is 0 Å². The van der Waals surface area contributed by atoms with Gasteiger partial charge in [0.25, 0.3) is 0 Å². The summed E-state index contributed by atoms with van der Waals surface area (Å²) in [4.78, 5) is 2.50. The summed E-state index contributed by atoms with van der Waals surface area (Å²) in [6.45, 7) is 27.9. The summed E-state index contributed by atoms with van der Waals surface area (Å²) < 4.78 is 17.3. The average Bonchev–Trinajstić information content (AvgIpc) is 1.44. The lowest BCUT2D eigenvalue weighted by Gasteiger charge is -2.42. The Labute approximate surface area is 518 Å². The first-order valence-electron chi connectivity index (χ1n) is 31.5. The molecule has 0 saturated carbocycles. The highest BCUT2D eigenvalue weighted by Crippen LogP contribution is 2.67. The van der Waals surface area contributed by atoms with Crippen LogP contribution in [0.4, 0.5) is 17.1 Å². The summed E-state index contributed by atoms with van der Waals surface area (Å²) in [5.41, 5.74) is 24.1. The molecule has 0 radical (unpaired) electrons. The molecule has 3 heterocycles. The van der Waals surface area contributed by atoms with Crippen molar-refractivity contribution >= 4 is 38.9 Å². The van der Waals surface area contributed by atoms with E-state index in [0.717, 1.165) is 79.0 Å². The van der Waals surface area contributed by atoms with E-state index in [2.05, 4.69) is 323 Å². The Morgan fingerprint density at radius 1 is 0.307 bits per heavy atom. The third-order valence-corrected chi connectivity index (χ3v) is 19.9. The van der Waals surface area contributed by atoms with E-state index >= 15 is 0 Å². The minimum Gasteiger partial charge on any atom is -0.457 e. The van der Waals surface area contributed by atoms with Crippen LogP contribution in [0.5, 0.6) is 23.0 Å². The van der Waals surface area contributed by atoms with Crippen LogP contribution in [0.25, 0.3) is 49.7 Å². The zero-order valence-corrected chi connectivity index (χ0v) is 52.7. The van der Waals surface area contributed by atoms with Crippen LogP contribution in [0, 0.1) is 0 Å². The van der Waals surface area contributed by atoms with Crippen molar-refractivity contribution in [2.45, 2.75) is 116 Å². The second-order valence-electron chi connectivity index (χ2n) is 29.3. The van der Waals surface area contributed by atoms with E-state index in [4.69, 9.17) is 9.47 Å². The van der Waals surface area contributed by atoms with Gasteiger partial charge in [-0.05, 0) is 167 Å². The molecule has 88 heavy (non-hydrogen) atoms. The predicted octanol–water partition coefficient (Wildman–Crippen LogP) is 22.4. The number of nitrogens with zero attached hydrogens (tertiary/aromatic N) is 2. The van der Waals surface area contributed by atoms with Crippen molar-refractivity contribution in [3.05, 3.63) is 297 Å². The molecular formula is C84H74N2O2. The highest BCUT2D eigenvalue weighted by Gasteiger charge is 2.54. The minimum absolute atomic E-state index is 0.103. The van der Waals surface area contributed by atoms with Crippen LogP contribution >= 0.6 is 0 Å². The fraction of sp³-hybridized carbons (Fsp3) is 0.214. The van der Waals surface area contributed by atoms with Crippen molar-refractivity contribution < 1.29 is 9.47 Å². The summed E-state index contributed by atoms with van der Waals surface area (Å²) >= 11 is 0. The molecule has 0 amide bonds. The van der Waals surface area contributed by atoms with Gasteiger partial charge in [0.15, 0.2) is 5.75 Å². The summed E-state index contributed by atoms with van der Waals surface area (Å²) in [7, 11) is 0. The predicted molar refractivity (Wildman–Crippen MR) is 365 cm³/mol. The van der Waals surface area contributed by atoms with E-state index in [-0.39, 0.29) is 21.7 Å². The third-order valence-electron chi connectivity index (χ3n) is 19.9. The molecule has 16 rings (SSSR count). The number of aromatic nitrogens is 1. The molecule has 0 atom stereocenters. The second-order valence-corrected chi connectivity index (χ2v) is 29.3. The Bertz CT molecular complexity index is 4740. The van der Waals surface area contributed by atoms with Gasteiger partial charge in [-0.15, -0.1) is 0 Å². The molecule has 2 aliphatic heterocycles. The monoisotopic (exact) mass is 1140 g/mol. The van der Waals surface area contributed by atoms with Gasteiger partial charge in [0.2, 0.25) is 0 Å². The van der Waals surface area contributed by atoms with E-state index in [1.54, 1.807) is 0 Å². The fourth-order valence-electron chi connectivity index (χ4n) is 15.5. The van der Waals surface area contributed by atoms with Crippen LogP contribution in [0.3, 0.4) is 0 Å². The normalized spacial score (nSPS) is 14.7. The Morgan fingerprint density at radius 2 is 0.727 bits per heavy atom. The van der Waals surface area contributed by atoms with Gasteiger partial charge in [0.1, 0.15) is 17.2 Å². The van der Waals surface area contributed by atoms with E-state index in [9.17, 15) is 0 Å². The number of para-hydroxylation sites is 4. The van der Waals surface area contributed by atoms with Crippen molar-refractivity contribution in [1.82, 2.24) is 4.57 Å². The van der Waals surface area contributed by atoms with Crippen LogP contribution in [0.2, 0.25) is 0 Å². The van der Waals surface area contributed by atoms with E-state index in [1.165, 1.54) is 77.5 Å². The summed E-state index contributed by atoms with van der Waals surface area (Å²) in [6.07, 6.45) is 0. The highest BCUT2D eigenvalue weighted by molar-refractivity contribution is 6.09. The highest BCUT2D eigenvalue weighted by atomic mass is 16.5. The van der Waals surface area contributed by atoms with Gasteiger partial charge >= 0.3 is 0 Å². The largest absolute Gasteiger partial charge is 0.457 e. The van der Waals surface area contributed by atoms with Gasteiger partial charge in [-0.2, -0.15) is 0 Å². The molecule has 11 aromatic carbocycles. The molecule has 2 spiro atoms. The number of hydrogen-bond acceptors (Lipinski definition) is 3. The molecule has 4 nitrogen and oxygen atoms in total. The number of fused-ring (bicyclic) bond motifs is 21. The average molecular weight is 1140 g/mol. The van der Waals surface area contributed by atoms with E-state index < -0.39 is 10.8 Å². The lowest BCUT2D eigenvalue weighted by atomic mass is 9.64. The molecule has 0 unspecified atom stereocenters. The standard InChI is InChI=1S/C84H74N2O2/c1-79(2,3)51-35-40-59-60-41-36-52(80(4,5)6)46-68(60)84(67(59)45-51)65-29-17-20-34-75(65)88-78-66(84)30-22-33-74(78)85(55-23-21-24-56(49-55)86-72-31-18-14-26-62(72)63-27-15-19-32-73(63)86)57-39-42-61-58-25-13-16-28-64(58)83(69(61)50-57)70-47-53(81(7,8)9)37-43-76(70)87-77-44-38-54(48-71(77)83)82(10,11)12/h13-50H,1-12H3. The number of anilines is 3. The zero-order chi connectivity index (χ0) is 60.6. The summed E-state index contributed by atoms with van der Waals surface area (Å²) in [6, 6.07) is 87.4. The van der Waals surface area contributed by atoms with Crippen molar-refractivity contribution in [2.75, 3.05) is 4.90 Å². The molecule has 12 aromatic rings. The zero-order valence-electron chi connectivity index (χ0n) is 52.7. The van der Waals surface area contributed by atoms with Crippen molar-refractivity contribution in [3.8, 4) is 50.9 Å². The molecule has 0 saturated heterocycles. The first kappa shape index (κ1) is 54.0. The van der Waals surface area contributed by atoms with Gasteiger partial charge in [-0.1, -0.05) is 235 Å². The lowest BCUT2D eigenvalue weighted by molar-refractivity contribution is 0.433. The SMILES string of the molecule is CC(C)(C)c1ccc2c(c1)C1(c3cc(C(C)(C)C)ccc3O2)c2ccccc2-c2ccc(N(c3cccc(-n4c5ccccc5c5ccccc54)c3)c3cccc4c3Oc3ccccc3C43c4cc(C(C)(C)C)ccc4-c4ccc(C(C)(C)C)cc43)cc21. The number of hydrogen-bond donors (Lipinski definition) is 0. The smallest absolute Gasteiger partial charge is 0.156 e. The molecule has 432 valence electrons. The molecule has 4 heteroatoms. The van der Waals surface area contributed by atoms with Gasteiger partial charge in [0.05, 0.1) is 27.6 Å². The fourth-order valence-corrected chi connectivity index (χ4v) is 15.5. The Morgan fingerprint density at radius 3 is 1.31 bits per heavy atom. The minimum atomic E-state index is -0.758. The van der Waals surface area contributed by atoms with Gasteiger partial charge in [-0.25, -0.2) is 0 Å². The van der Waals surface area contributed by atoms with Crippen molar-refractivity contribution in [3.63, 3.8) is 0 Å². The van der Waals surface area contributed by atoms with Crippen LogP contribution in [-0.4, -0.2) is 4.57 Å². The number of rotatable bonds is 4. The van der Waals surface area contributed by atoms with Crippen LogP contribution in [0.1, 0.15) is 150 Å². The maximum absolute atomic E-state index is 7.73. The maximum atomic E-state index is 7.73. The molecule has 2 aliphatic carbocycles. The first-order valence-corrected chi connectivity index (χ1v) is 31.5. The molecule has 0 fully saturated rings. The molecule has 4 aliphatic rings. The Balaban J connectivity index is 1.02. The topological polar surface area (TPSA) is 26.6 Å². The van der Waals surface area contributed by atoms with E-state index in [0.29, 0.717) is 0 Å². The second kappa shape index (κ2) is 18.6. The van der Waals surface area contributed by atoms with Gasteiger partial charge in [0, 0.05) is 50.1 Å². The summed E-state index contributed by atoms with van der Waals surface area (Å²) in [5, 5.41) is 2.45. The number of ether oxygens (including phenoxy) is 2. The van der Waals surface area contributed by atoms with E-state index in [1.807, 2.05) is 0 Å². The summed E-state index contributed by atoms with van der Waals surface area (Å²) in [5.74, 6) is 3.44. The Kier molecular flexibility index (Phi) is 11.4. The number of benzene rings is 11. The van der Waals surface area contributed by atoms with Crippen LogP contribution in [0.15, 0.2) is 231 Å². The van der Waals surface area contributed by atoms with Crippen LogP contribution < -0.4 is 14.4 Å². The molecule has 1 aromatic heterocycles. The van der Waals surface area contributed by atoms with Crippen LogP contribution in [-0.2, 0) is 32.5 Å². The van der Waals surface area contributed by atoms with Crippen molar-refractivity contribution in [2.24, 2.45) is 0 Å². The molecule has 0 N–H and O–H groups in total. The third kappa shape index (κ3) is 7.63.